The first-order valence-electron chi connectivity index (χ1n) is 6.17. The molecule has 0 amide bonds. The molecule has 7 nitrogen and oxygen atoms in total. The van der Waals surface area contributed by atoms with Gasteiger partial charge in [0.15, 0.2) is 5.82 Å². The summed E-state index contributed by atoms with van der Waals surface area (Å²) in [4.78, 5) is 4.33. The van der Waals surface area contributed by atoms with Gasteiger partial charge < -0.3 is 9.63 Å². The molecule has 3 rings (SSSR count). The number of hydrogen-bond donors (Lipinski definition) is 1. The van der Waals surface area contributed by atoms with E-state index in [1.165, 1.54) is 0 Å². The fourth-order valence-corrected chi connectivity index (χ4v) is 1.76. The second kappa shape index (κ2) is 4.85. The molecule has 0 atom stereocenters. The maximum Gasteiger partial charge on any atom is 0.229 e. The summed E-state index contributed by atoms with van der Waals surface area (Å²) in [6.45, 7) is 0.644. The fraction of sp³-hybridized carbons (Fsp3) is 0.636. The van der Waals surface area contributed by atoms with Crippen molar-refractivity contribution in [2.24, 2.45) is 0 Å². The van der Waals surface area contributed by atoms with Gasteiger partial charge in [0.25, 0.3) is 0 Å². The van der Waals surface area contributed by atoms with Crippen LogP contribution in [0.1, 0.15) is 42.6 Å². The lowest BCUT2D eigenvalue weighted by Gasteiger charge is -1.92. The monoisotopic (exact) mass is 249 g/mol. The second-order valence-electron chi connectivity index (χ2n) is 4.56. The minimum absolute atomic E-state index is 0.169. The second-order valence-corrected chi connectivity index (χ2v) is 4.56. The van der Waals surface area contributed by atoms with Crippen molar-refractivity contribution in [3.8, 4) is 0 Å². The average Bonchev–Trinajstić information content (AvgIpc) is 2.96. The van der Waals surface area contributed by atoms with Crippen molar-refractivity contribution in [2.45, 2.75) is 38.1 Å². The van der Waals surface area contributed by atoms with Crippen LogP contribution in [0.5, 0.6) is 0 Å². The third kappa shape index (κ3) is 2.56. The van der Waals surface area contributed by atoms with E-state index < -0.39 is 0 Å². The van der Waals surface area contributed by atoms with E-state index >= 15 is 0 Å². The lowest BCUT2D eigenvalue weighted by Crippen LogP contribution is -2.02. The highest BCUT2D eigenvalue weighted by Gasteiger charge is 2.29. The molecule has 18 heavy (non-hydrogen) atoms. The maximum atomic E-state index is 8.74. The molecule has 0 bridgehead atoms. The Morgan fingerprint density at radius 3 is 3.11 bits per heavy atom. The number of rotatable bonds is 6. The third-order valence-electron chi connectivity index (χ3n) is 2.89. The molecule has 0 aromatic carbocycles. The van der Waals surface area contributed by atoms with E-state index in [1.54, 1.807) is 4.68 Å². The van der Waals surface area contributed by atoms with E-state index in [0.29, 0.717) is 24.7 Å². The third-order valence-corrected chi connectivity index (χ3v) is 2.89. The number of aliphatic hydroxyl groups excluding tert-OH is 1. The Bertz CT molecular complexity index is 517. The van der Waals surface area contributed by atoms with Crippen LogP contribution in [-0.4, -0.2) is 36.8 Å². The van der Waals surface area contributed by atoms with Crippen LogP contribution in [0.3, 0.4) is 0 Å². The van der Waals surface area contributed by atoms with Crippen LogP contribution < -0.4 is 0 Å². The van der Waals surface area contributed by atoms with Crippen molar-refractivity contribution in [1.82, 2.24) is 25.1 Å². The highest BCUT2D eigenvalue weighted by Crippen LogP contribution is 2.38. The summed E-state index contributed by atoms with van der Waals surface area (Å²) in [5.41, 5.74) is 0.870. The Hall–Kier alpha value is -1.76. The number of nitrogens with zero attached hydrogens (tertiary/aromatic N) is 5. The predicted molar refractivity (Wildman–Crippen MR) is 60.8 cm³/mol. The Morgan fingerprint density at radius 1 is 1.44 bits per heavy atom. The van der Waals surface area contributed by atoms with E-state index in [0.717, 1.165) is 30.8 Å². The Balaban J connectivity index is 1.62. The highest BCUT2D eigenvalue weighted by atomic mass is 16.5. The van der Waals surface area contributed by atoms with Crippen LogP contribution in [-0.2, 0) is 13.0 Å². The normalized spacial score (nSPS) is 15.2. The van der Waals surface area contributed by atoms with Crippen molar-refractivity contribution >= 4 is 0 Å². The van der Waals surface area contributed by atoms with Crippen LogP contribution >= 0.6 is 0 Å². The summed E-state index contributed by atoms with van der Waals surface area (Å²) < 4.78 is 6.87. The van der Waals surface area contributed by atoms with E-state index in [-0.39, 0.29) is 6.61 Å². The summed E-state index contributed by atoms with van der Waals surface area (Å²) in [5.74, 6) is 1.85. The van der Waals surface area contributed by atoms with Gasteiger partial charge in [0, 0.05) is 18.7 Å². The summed E-state index contributed by atoms with van der Waals surface area (Å²) >= 11 is 0. The molecule has 0 spiro atoms. The minimum Gasteiger partial charge on any atom is -0.396 e. The van der Waals surface area contributed by atoms with Gasteiger partial charge in [0.2, 0.25) is 5.89 Å². The molecule has 96 valence electrons. The van der Waals surface area contributed by atoms with E-state index in [4.69, 9.17) is 9.63 Å². The molecule has 2 heterocycles. The summed E-state index contributed by atoms with van der Waals surface area (Å²) in [6, 6.07) is 0. The lowest BCUT2D eigenvalue weighted by atomic mass is 10.3. The van der Waals surface area contributed by atoms with Gasteiger partial charge in [-0.2, -0.15) is 4.98 Å². The van der Waals surface area contributed by atoms with E-state index in [9.17, 15) is 0 Å². The van der Waals surface area contributed by atoms with Gasteiger partial charge in [-0.25, -0.2) is 4.68 Å². The first-order valence-corrected chi connectivity index (χ1v) is 6.17. The number of hydrogen-bond acceptors (Lipinski definition) is 6. The Morgan fingerprint density at radius 2 is 2.33 bits per heavy atom. The summed E-state index contributed by atoms with van der Waals surface area (Å²) in [5, 5.41) is 20.7. The molecule has 0 saturated heterocycles. The molecule has 0 unspecified atom stereocenters. The Kier molecular flexibility index (Phi) is 3.06. The molecule has 1 fully saturated rings. The van der Waals surface area contributed by atoms with Crippen molar-refractivity contribution in [2.75, 3.05) is 6.61 Å². The smallest absolute Gasteiger partial charge is 0.229 e. The van der Waals surface area contributed by atoms with Crippen LogP contribution in [0.25, 0.3) is 0 Å². The van der Waals surface area contributed by atoms with Gasteiger partial charge in [-0.05, 0) is 25.7 Å². The van der Waals surface area contributed by atoms with Crippen molar-refractivity contribution < 1.29 is 9.63 Å². The van der Waals surface area contributed by atoms with Gasteiger partial charge >= 0.3 is 0 Å². The van der Waals surface area contributed by atoms with Gasteiger partial charge in [-0.15, -0.1) is 5.10 Å². The van der Waals surface area contributed by atoms with Crippen LogP contribution in [0.4, 0.5) is 0 Å². The molecule has 0 radical (unpaired) electrons. The maximum absolute atomic E-state index is 8.74. The average molecular weight is 249 g/mol. The largest absolute Gasteiger partial charge is 0.396 e. The summed E-state index contributed by atoms with van der Waals surface area (Å²) in [6.07, 6.45) is 5.58. The first kappa shape index (κ1) is 11.3. The first-order chi connectivity index (χ1) is 8.85. The standard InChI is InChI=1S/C11H15N5O2/c17-5-1-2-9-6-16(15-13-9)7-10-12-11(18-14-10)8-3-4-8/h6,8,17H,1-5,7H2. The molecule has 7 heteroatoms. The minimum atomic E-state index is 0.169. The molecule has 2 aromatic heterocycles. The molecular formula is C11H15N5O2. The molecule has 1 N–H and O–H groups in total. The topological polar surface area (TPSA) is 89.9 Å². The molecule has 1 aliphatic rings. The van der Waals surface area contributed by atoms with Crippen molar-refractivity contribution in [3.05, 3.63) is 23.6 Å². The van der Waals surface area contributed by atoms with Gasteiger partial charge in [-0.3, -0.25) is 0 Å². The zero-order chi connectivity index (χ0) is 12.4. The van der Waals surface area contributed by atoms with E-state index in [2.05, 4.69) is 20.5 Å². The highest BCUT2D eigenvalue weighted by molar-refractivity contribution is 5.02. The zero-order valence-corrected chi connectivity index (χ0v) is 9.99. The van der Waals surface area contributed by atoms with Gasteiger partial charge in [0.05, 0.1) is 5.69 Å². The molecule has 2 aromatic rings. The van der Waals surface area contributed by atoms with Crippen molar-refractivity contribution in [3.63, 3.8) is 0 Å². The van der Waals surface area contributed by atoms with Gasteiger partial charge in [-0.1, -0.05) is 10.4 Å². The predicted octanol–water partition coefficient (Wildman–Crippen LogP) is 0.512. The molecular weight excluding hydrogens is 234 g/mol. The van der Waals surface area contributed by atoms with Crippen LogP contribution in [0, 0.1) is 0 Å². The molecule has 1 aliphatic carbocycles. The number of aryl methyl sites for hydroxylation is 1. The lowest BCUT2D eigenvalue weighted by molar-refractivity contribution is 0.288. The zero-order valence-electron chi connectivity index (χ0n) is 9.99. The number of aliphatic hydroxyl groups is 1. The van der Waals surface area contributed by atoms with Crippen LogP contribution in [0.15, 0.2) is 10.7 Å². The Labute approximate surface area is 104 Å². The van der Waals surface area contributed by atoms with Crippen LogP contribution in [0.2, 0.25) is 0 Å². The number of aromatic nitrogens is 5. The van der Waals surface area contributed by atoms with Crippen molar-refractivity contribution in [1.29, 1.82) is 0 Å². The van der Waals surface area contributed by atoms with E-state index in [1.807, 2.05) is 6.20 Å². The fourth-order valence-electron chi connectivity index (χ4n) is 1.76. The van der Waals surface area contributed by atoms with Gasteiger partial charge in [0.1, 0.15) is 6.54 Å². The quantitative estimate of drug-likeness (QED) is 0.802. The molecule has 0 aliphatic heterocycles. The molecule has 1 saturated carbocycles. The summed E-state index contributed by atoms with van der Waals surface area (Å²) in [7, 11) is 0. The SMILES string of the molecule is OCCCc1cn(Cc2noc(C3CC3)n2)nn1.